The Balaban J connectivity index is 2.27. The molecule has 0 bridgehead atoms. The van der Waals surface area contributed by atoms with Crippen LogP contribution in [-0.4, -0.2) is 43.3 Å². The van der Waals surface area contributed by atoms with Gasteiger partial charge in [-0.25, -0.2) is 0 Å². The number of nitrogens with one attached hydrogen (secondary N) is 1. The van der Waals surface area contributed by atoms with Gasteiger partial charge in [0.15, 0.2) is 0 Å². The van der Waals surface area contributed by atoms with E-state index in [2.05, 4.69) is 62.2 Å². The number of ether oxygens (including phenoxy) is 1. The Kier molecular flexibility index (Phi) is 5.80. The maximum absolute atomic E-state index is 5.52. The van der Waals surface area contributed by atoms with Crippen molar-refractivity contribution >= 4 is 0 Å². The molecule has 1 aliphatic heterocycles. The zero-order valence-electron chi connectivity index (χ0n) is 14.0. The Morgan fingerprint density at radius 3 is 2.52 bits per heavy atom. The molecule has 3 heteroatoms. The zero-order chi connectivity index (χ0) is 15.3. The van der Waals surface area contributed by atoms with Gasteiger partial charge in [0.2, 0.25) is 0 Å². The van der Waals surface area contributed by atoms with Crippen LogP contribution < -0.4 is 5.32 Å². The molecule has 1 aromatic carbocycles. The Hall–Kier alpha value is -0.900. The molecule has 0 spiro atoms. The number of hydrogen-bond donors (Lipinski definition) is 1. The van der Waals surface area contributed by atoms with Gasteiger partial charge in [-0.3, -0.25) is 4.90 Å². The van der Waals surface area contributed by atoms with Gasteiger partial charge in [-0.05, 0) is 44.9 Å². The molecule has 0 aliphatic carbocycles. The third-order valence-corrected chi connectivity index (χ3v) is 4.63. The third kappa shape index (κ3) is 3.85. The first-order valence-corrected chi connectivity index (χ1v) is 8.19. The second-order valence-electron chi connectivity index (χ2n) is 6.50. The first kappa shape index (κ1) is 16.5. The Labute approximate surface area is 129 Å². The van der Waals surface area contributed by atoms with Crippen LogP contribution in [0.1, 0.15) is 44.4 Å². The molecule has 118 valence electrons. The van der Waals surface area contributed by atoms with Crippen molar-refractivity contribution in [3.05, 3.63) is 35.4 Å². The molecule has 1 atom stereocenters. The molecule has 3 nitrogen and oxygen atoms in total. The van der Waals surface area contributed by atoms with E-state index in [9.17, 15) is 0 Å². The van der Waals surface area contributed by atoms with E-state index in [1.54, 1.807) is 0 Å². The molecule has 1 unspecified atom stereocenters. The summed E-state index contributed by atoms with van der Waals surface area (Å²) in [5, 5.41) is 3.78. The first-order valence-electron chi connectivity index (χ1n) is 8.19. The van der Waals surface area contributed by atoms with Gasteiger partial charge >= 0.3 is 0 Å². The molecule has 1 fully saturated rings. The monoisotopic (exact) mass is 290 g/mol. The highest BCUT2D eigenvalue weighted by atomic mass is 16.5. The number of hydrogen-bond acceptors (Lipinski definition) is 3. The van der Waals surface area contributed by atoms with E-state index in [1.807, 2.05) is 0 Å². The van der Waals surface area contributed by atoms with Crippen molar-refractivity contribution in [2.45, 2.75) is 45.7 Å². The molecule has 1 saturated heterocycles. The number of aryl methyl sites for hydroxylation is 1. The number of rotatable bonds is 6. The average molecular weight is 290 g/mol. The summed E-state index contributed by atoms with van der Waals surface area (Å²) in [5.74, 6) is 0. The molecular weight excluding hydrogens is 260 g/mol. The predicted molar refractivity (Wildman–Crippen MR) is 88.7 cm³/mol. The van der Waals surface area contributed by atoms with Crippen LogP contribution in [0.4, 0.5) is 0 Å². The highest BCUT2D eigenvalue weighted by Gasteiger charge is 2.37. The number of benzene rings is 1. The fraction of sp³-hybridized carbons (Fsp3) is 0.667. The normalized spacial score (nSPS) is 18.7. The Morgan fingerprint density at radius 1 is 1.24 bits per heavy atom. The third-order valence-electron chi connectivity index (χ3n) is 4.63. The van der Waals surface area contributed by atoms with Crippen molar-refractivity contribution in [2.75, 3.05) is 32.8 Å². The first-order chi connectivity index (χ1) is 10.1. The summed E-state index contributed by atoms with van der Waals surface area (Å²) < 4.78 is 5.52. The van der Waals surface area contributed by atoms with Crippen molar-refractivity contribution in [3.63, 3.8) is 0 Å². The van der Waals surface area contributed by atoms with Gasteiger partial charge < -0.3 is 10.1 Å². The number of morpholine rings is 1. The van der Waals surface area contributed by atoms with Crippen LogP contribution in [0.2, 0.25) is 0 Å². The van der Waals surface area contributed by atoms with Crippen molar-refractivity contribution in [2.24, 2.45) is 0 Å². The van der Waals surface area contributed by atoms with Gasteiger partial charge in [-0.1, -0.05) is 31.2 Å². The van der Waals surface area contributed by atoms with E-state index in [4.69, 9.17) is 4.74 Å². The predicted octanol–water partition coefficient (Wildman–Crippen LogP) is 3.15. The van der Waals surface area contributed by atoms with Crippen molar-refractivity contribution < 1.29 is 4.74 Å². The van der Waals surface area contributed by atoms with E-state index in [0.29, 0.717) is 6.04 Å². The second-order valence-corrected chi connectivity index (χ2v) is 6.50. The highest BCUT2D eigenvalue weighted by Crippen LogP contribution is 2.33. The molecule has 1 aromatic rings. The lowest BCUT2D eigenvalue weighted by Gasteiger charge is -2.46. The summed E-state index contributed by atoms with van der Waals surface area (Å²) in [5.41, 5.74) is 2.86. The topological polar surface area (TPSA) is 24.5 Å². The van der Waals surface area contributed by atoms with Crippen LogP contribution in [-0.2, 0) is 4.74 Å². The Morgan fingerprint density at radius 2 is 1.90 bits per heavy atom. The largest absolute Gasteiger partial charge is 0.379 e. The van der Waals surface area contributed by atoms with E-state index in [-0.39, 0.29) is 5.54 Å². The fourth-order valence-electron chi connectivity index (χ4n) is 3.26. The molecule has 0 saturated carbocycles. The molecule has 1 aliphatic rings. The van der Waals surface area contributed by atoms with E-state index < -0.39 is 0 Å². The SMILES string of the molecule is CCCNC(c1ccccc1C)C(C)(C)N1CCOCC1. The zero-order valence-corrected chi connectivity index (χ0v) is 14.0. The summed E-state index contributed by atoms with van der Waals surface area (Å²) in [6.45, 7) is 13.9. The molecule has 0 aromatic heterocycles. The van der Waals surface area contributed by atoms with Gasteiger partial charge in [0.1, 0.15) is 0 Å². The minimum Gasteiger partial charge on any atom is -0.379 e. The maximum atomic E-state index is 5.52. The van der Waals surface area contributed by atoms with E-state index in [1.165, 1.54) is 11.1 Å². The quantitative estimate of drug-likeness (QED) is 0.871. The standard InChI is InChI=1S/C18H30N2O/c1-5-10-19-17(16-9-7-6-8-15(16)2)18(3,4)20-11-13-21-14-12-20/h6-9,17,19H,5,10-14H2,1-4H3. The minimum atomic E-state index is 0.0745. The summed E-state index contributed by atoms with van der Waals surface area (Å²) in [4.78, 5) is 2.57. The van der Waals surface area contributed by atoms with Crippen LogP contribution in [0.25, 0.3) is 0 Å². The summed E-state index contributed by atoms with van der Waals surface area (Å²) in [6.07, 6.45) is 1.15. The van der Waals surface area contributed by atoms with Crippen LogP contribution in [0.3, 0.4) is 0 Å². The molecular formula is C18H30N2O. The molecule has 21 heavy (non-hydrogen) atoms. The van der Waals surface area contributed by atoms with Crippen LogP contribution in [0, 0.1) is 6.92 Å². The molecule has 1 heterocycles. The van der Waals surface area contributed by atoms with E-state index >= 15 is 0 Å². The van der Waals surface area contributed by atoms with Crippen LogP contribution in [0.15, 0.2) is 24.3 Å². The highest BCUT2D eigenvalue weighted by molar-refractivity contribution is 5.31. The lowest BCUT2D eigenvalue weighted by molar-refractivity contribution is -0.0238. The average Bonchev–Trinajstić information content (AvgIpc) is 2.50. The smallest absolute Gasteiger partial charge is 0.0594 e. The van der Waals surface area contributed by atoms with Gasteiger partial charge in [0.05, 0.1) is 19.3 Å². The van der Waals surface area contributed by atoms with Gasteiger partial charge in [0, 0.05) is 18.6 Å². The molecule has 0 amide bonds. The maximum Gasteiger partial charge on any atom is 0.0594 e. The molecule has 2 rings (SSSR count). The lowest BCUT2D eigenvalue weighted by Crippen LogP contribution is -2.56. The summed E-state index contributed by atoms with van der Waals surface area (Å²) in [6, 6.07) is 9.10. The van der Waals surface area contributed by atoms with Gasteiger partial charge in [0.25, 0.3) is 0 Å². The summed E-state index contributed by atoms with van der Waals surface area (Å²) >= 11 is 0. The van der Waals surface area contributed by atoms with Crippen molar-refractivity contribution in [3.8, 4) is 0 Å². The van der Waals surface area contributed by atoms with Gasteiger partial charge in [-0.2, -0.15) is 0 Å². The van der Waals surface area contributed by atoms with Gasteiger partial charge in [-0.15, -0.1) is 0 Å². The van der Waals surface area contributed by atoms with Crippen molar-refractivity contribution in [1.29, 1.82) is 0 Å². The molecule has 1 N–H and O–H groups in total. The summed E-state index contributed by atoms with van der Waals surface area (Å²) in [7, 11) is 0. The lowest BCUT2D eigenvalue weighted by atomic mass is 9.84. The van der Waals surface area contributed by atoms with E-state index in [0.717, 1.165) is 39.3 Å². The molecule has 0 radical (unpaired) electrons. The van der Waals surface area contributed by atoms with Crippen LogP contribution >= 0.6 is 0 Å². The van der Waals surface area contributed by atoms with Crippen LogP contribution in [0.5, 0.6) is 0 Å². The Bertz CT molecular complexity index is 439. The fourth-order valence-corrected chi connectivity index (χ4v) is 3.26. The second kappa shape index (κ2) is 7.39. The minimum absolute atomic E-state index is 0.0745. The van der Waals surface area contributed by atoms with Crippen molar-refractivity contribution in [1.82, 2.24) is 10.2 Å². The number of nitrogens with zero attached hydrogens (tertiary/aromatic N) is 1.